The molecule has 0 atom stereocenters. The average molecular weight is 199 g/mol. The summed E-state index contributed by atoms with van der Waals surface area (Å²) in [5, 5.41) is 8.80. The number of ether oxygens (including phenoxy) is 1. The van der Waals surface area contributed by atoms with Crippen molar-refractivity contribution < 1.29 is 19.1 Å². The molecule has 1 N–H and O–H groups in total. The number of carbonyl (C=O) groups is 1. The van der Waals surface area contributed by atoms with Crippen molar-refractivity contribution >= 4 is 5.97 Å². The van der Waals surface area contributed by atoms with Crippen LogP contribution in [-0.4, -0.2) is 23.2 Å². The van der Waals surface area contributed by atoms with Crippen LogP contribution in [0.2, 0.25) is 0 Å². The van der Waals surface area contributed by atoms with Crippen LogP contribution in [0.5, 0.6) is 0 Å². The third-order valence-electron chi connectivity index (χ3n) is 1.68. The molecule has 1 heterocycles. The van der Waals surface area contributed by atoms with E-state index in [4.69, 9.17) is 14.3 Å². The molecular formula is C9H13NO4. The molecule has 0 bridgehead atoms. The van der Waals surface area contributed by atoms with Crippen LogP contribution in [0.25, 0.3) is 0 Å². The van der Waals surface area contributed by atoms with E-state index in [1.54, 1.807) is 0 Å². The van der Waals surface area contributed by atoms with Crippen LogP contribution >= 0.6 is 0 Å². The van der Waals surface area contributed by atoms with Crippen molar-refractivity contribution in [2.24, 2.45) is 0 Å². The molecule has 0 spiro atoms. The van der Waals surface area contributed by atoms with E-state index in [9.17, 15) is 4.79 Å². The lowest BCUT2D eigenvalue weighted by molar-refractivity contribution is 0.0653. The highest BCUT2D eigenvalue weighted by atomic mass is 16.5. The van der Waals surface area contributed by atoms with Crippen molar-refractivity contribution in [3.8, 4) is 0 Å². The minimum Gasteiger partial charge on any atom is -0.475 e. The van der Waals surface area contributed by atoms with Gasteiger partial charge < -0.3 is 14.3 Å². The fourth-order valence-corrected chi connectivity index (χ4v) is 1.02. The van der Waals surface area contributed by atoms with Gasteiger partial charge in [-0.05, 0) is 0 Å². The largest absolute Gasteiger partial charge is 0.475 e. The van der Waals surface area contributed by atoms with Gasteiger partial charge in [-0.15, -0.1) is 0 Å². The molecule has 1 aromatic rings. The van der Waals surface area contributed by atoms with Gasteiger partial charge in [-0.3, -0.25) is 0 Å². The fourth-order valence-electron chi connectivity index (χ4n) is 1.02. The highest BCUT2D eigenvalue weighted by molar-refractivity contribution is 5.85. The predicted molar refractivity (Wildman–Crippen MR) is 48.3 cm³/mol. The summed E-state index contributed by atoms with van der Waals surface area (Å²) in [7, 11) is 1.48. The lowest BCUT2D eigenvalue weighted by atomic mass is 10.2. The molecule has 5 nitrogen and oxygen atoms in total. The third-order valence-corrected chi connectivity index (χ3v) is 1.68. The zero-order valence-corrected chi connectivity index (χ0v) is 8.40. The maximum absolute atomic E-state index is 10.7. The molecule has 1 rings (SSSR count). The highest BCUT2D eigenvalue weighted by Crippen LogP contribution is 2.18. The molecular weight excluding hydrogens is 186 g/mol. The standard InChI is InChI=1S/C9H13NO4/c1-5(2)8-10-6(4-13-3)7(14-8)9(11)12/h5H,4H2,1-3H3,(H,11,12). The summed E-state index contributed by atoms with van der Waals surface area (Å²) in [6.07, 6.45) is 0. The molecule has 0 unspecified atom stereocenters. The van der Waals surface area contributed by atoms with Gasteiger partial charge in [0.25, 0.3) is 0 Å². The second-order valence-electron chi connectivity index (χ2n) is 3.22. The molecule has 0 aliphatic heterocycles. The van der Waals surface area contributed by atoms with Crippen LogP contribution in [-0.2, 0) is 11.3 Å². The number of hydrogen-bond acceptors (Lipinski definition) is 4. The third kappa shape index (κ3) is 2.11. The van der Waals surface area contributed by atoms with Crippen molar-refractivity contribution in [2.75, 3.05) is 7.11 Å². The van der Waals surface area contributed by atoms with Gasteiger partial charge >= 0.3 is 5.97 Å². The van der Waals surface area contributed by atoms with Gasteiger partial charge in [-0.1, -0.05) is 13.8 Å². The Hall–Kier alpha value is -1.36. The number of oxazole rings is 1. The Morgan fingerprint density at radius 2 is 2.29 bits per heavy atom. The summed E-state index contributed by atoms with van der Waals surface area (Å²) in [4.78, 5) is 14.8. The maximum Gasteiger partial charge on any atom is 0.373 e. The van der Waals surface area contributed by atoms with Crippen LogP contribution < -0.4 is 0 Å². The molecule has 78 valence electrons. The number of aromatic nitrogens is 1. The molecule has 0 aliphatic rings. The van der Waals surface area contributed by atoms with Crippen molar-refractivity contribution in [1.82, 2.24) is 4.98 Å². The summed E-state index contributed by atoms with van der Waals surface area (Å²) >= 11 is 0. The lowest BCUT2D eigenvalue weighted by Gasteiger charge is -1.94. The first kappa shape index (κ1) is 10.7. The zero-order valence-electron chi connectivity index (χ0n) is 8.40. The molecule has 0 amide bonds. The summed E-state index contributed by atoms with van der Waals surface area (Å²) in [6.45, 7) is 3.92. The van der Waals surface area contributed by atoms with E-state index in [0.29, 0.717) is 11.6 Å². The van der Waals surface area contributed by atoms with E-state index in [0.717, 1.165) is 0 Å². The smallest absolute Gasteiger partial charge is 0.373 e. The van der Waals surface area contributed by atoms with E-state index in [1.165, 1.54) is 7.11 Å². The number of rotatable bonds is 4. The fraction of sp³-hybridized carbons (Fsp3) is 0.556. The van der Waals surface area contributed by atoms with Crippen LogP contribution in [0, 0.1) is 0 Å². The molecule has 0 aromatic carbocycles. The predicted octanol–water partition coefficient (Wildman–Crippen LogP) is 1.64. The van der Waals surface area contributed by atoms with Gasteiger partial charge in [0.2, 0.25) is 5.76 Å². The van der Waals surface area contributed by atoms with E-state index in [-0.39, 0.29) is 18.3 Å². The summed E-state index contributed by atoms with van der Waals surface area (Å²) in [5.74, 6) is -0.750. The van der Waals surface area contributed by atoms with Crippen LogP contribution in [0.3, 0.4) is 0 Å². The zero-order chi connectivity index (χ0) is 10.7. The summed E-state index contributed by atoms with van der Waals surface area (Å²) < 4.78 is 9.93. The van der Waals surface area contributed by atoms with E-state index < -0.39 is 5.97 Å². The van der Waals surface area contributed by atoms with E-state index in [1.807, 2.05) is 13.8 Å². The molecule has 14 heavy (non-hydrogen) atoms. The quantitative estimate of drug-likeness (QED) is 0.798. The number of carboxylic acid groups (broad SMARTS) is 1. The van der Waals surface area contributed by atoms with Gasteiger partial charge in [-0.2, -0.15) is 0 Å². The summed E-state index contributed by atoms with van der Waals surface area (Å²) in [5.41, 5.74) is 0.337. The Morgan fingerprint density at radius 1 is 1.64 bits per heavy atom. The van der Waals surface area contributed by atoms with Crippen LogP contribution in [0.15, 0.2) is 4.42 Å². The van der Waals surface area contributed by atoms with Crippen LogP contribution in [0.1, 0.15) is 41.9 Å². The van der Waals surface area contributed by atoms with Crippen LogP contribution in [0.4, 0.5) is 0 Å². The second kappa shape index (κ2) is 4.23. The number of carboxylic acids is 1. The first-order valence-electron chi connectivity index (χ1n) is 4.28. The van der Waals surface area contributed by atoms with Gasteiger partial charge in [0.1, 0.15) is 5.69 Å². The molecule has 0 fully saturated rings. The molecule has 5 heteroatoms. The first-order chi connectivity index (χ1) is 6.56. The van der Waals surface area contributed by atoms with Gasteiger partial charge in [0, 0.05) is 13.0 Å². The SMILES string of the molecule is COCc1nc(C(C)C)oc1C(=O)O. The second-order valence-corrected chi connectivity index (χ2v) is 3.22. The van der Waals surface area contributed by atoms with Gasteiger partial charge in [-0.25, -0.2) is 9.78 Å². The minimum absolute atomic E-state index is 0.0682. The monoisotopic (exact) mass is 199 g/mol. The Kier molecular flexibility index (Phi) is 3.24. The first-order valence-corrected chi connectivity index (χ1v) is 4.28. The minimum atomic E-state index is -1.11. The molecule has 0 saturated carbocycles. The summed E-state index contributed by atoms with van der Waals surface area (Å²) in [6, 6.07) is 0. The molecule has 0 aliphatic carbocycles. The number of aromatic carboxylic acids is 1. The topological polar surface area (TPSA) is 72.6 Å². The molecule has 0 saturated heterocycles. The average Bonchev–Trinajstić information content (AvgIpc) is 2.49. The molecule has 0 radical (unpaired) electrons. The Balaban J connectivity index is 3.05. The Morgan fingerprint density at radius 3 is 2.71 bits per heavy atom. The normalized spacial score (nSPS) is 10.9. The van der Waals surface area contributed by atoms with Crippen molar-refractivity contribution in [3.63, 3.8) is 0 Å². The van der Waals surface area contributed by atoms with Gasteiger partial charge in [0.15, 0.2) is 5.89 Å². The van der Waals surface area contributed by atoms with E-state index >= 15 is 0 Å². The Labute approximate surface area is 81.7 Å². The number of methoxy groups -OCH3 is 1. The highest BCUT2D eigenvalue weighted by Gasteiger charge is 2.20. The van der Waals surface area contributed by atoms with Gasteiger partial charge in [0.05, 0.1) is 6.61 Å². The number of nitrogens with zero attached hydrogens (tertiary/aromatic N) is 1. The van der Waals surface area contributed by atoms with E-state index in [2.05, 4.69) is 4.98 Å². The lowest BCUT2D eigenvalue weighted by Crippen LogP contribution is -2.00. The van der Waals surface area contributed by atoms with Crippen molar-refractivity contribution in [1.29, 1.82) is 0 Å². The Bertz CT molecular complexity index is 330. The number of hydrogen-bond donors (Lipinski definition) is 1. The van der Waals surface area contributed by atoms with Crippen molar-refractivity contribution in [2.45, 2.75) is 26.4 Å². The molecule has 1 aromatic heterocycles. The van der Waals surface area contributed by atoms with Crippen molar-refractivity contribution in [3.05, 3.63) is 17.3 Å². The maximum atomic E-state index is 10.7.